The highest BCUT2D eigenvalue weighted by atomic mass is 19.1. The Hall–Kier alpha value is -2.08. The number of aromatic nitrogens is 1. The summed E-state index contributed by atoms with van der Waals surface area (Å²) in [7, 11) is 1.60. The van der Waals surface area contributed by atoms with E-state index in [2.05, 4.69) is 4.98 Å². The van der Waals surface area contributed by atoms with Crippen molar-refractivity contribution < 1.29 is 18.3 Å². The van der Waals surface area contributed by atoms with E-state index in [0.29, 0.717) is 37.9 Å². The van der Waals surface area contributed by atoms with Crippen molar-refractivity contribution in [2.75, 3.05) is 26.8 Å². The molecule has 0 N–H and O–H groups in total. The van der Waals surface area contributed by atoms with Crippen LogP contribution in [0, 0.1) is 17.6 Å². The summed E-state index contributed by atoms with van der Waals surface area (Å²) in [6.45, 7) is 1.73. The van der Waals surface area contributed by atoms with Crippen LogP contribution in [0.15, 0.2) is 24.4 Å². The summed E-state index contributed by atoms with van der Waals surface area (Å²) < 4.78 is 32.3. The summed E-state index contributed by atoms with van der Waals surface area (Å²) in [6.07, 6.45) is 2.57. The molecule has 0 aliphatic carbocycles. The van der Waals surface area contributed by atoms with E-state index >= 15 is 0 Å². The van der Waals surface area contributed by atoms with Gasteiger partial charge in [0.2, 0.25) is 5.91 Å². The monoisotopic (exact) mass is 320 g/mol. The first kappa shape index (κ1) is 15.8. The zero-order valence-corrected chi connectivity index (χ0v) is 12.9. The van der Waals surface area contributed by atoms with Crippen molar-refractivity contribution >= 4 is 16.8 Å². The number of rotatable bonds is 5. The van der Waals surface area contributed by atoms with Gasteiger partial charge in [0.1, 0.15) is 11.3 Å². The normalized spacial score (nSPS) is 18.1. The highest BCUT2D eigenvalue weighted by Crippen LogP contribution is 2.27. The van der Waals surface area contributed by atoms with Crippen molar-refractivity contribution in [1.82, 2.24) is 9.88 Å². The maximum atomic E-state index is 13.8. The maximum Gasteiger partial charge on any atom is 0.223 e. The Bertz CT molecular complexity index is 736. The Morgan fingerprint density at radius 1 is 1.39 bits per heavy atom. The molecule has 0 unspecified atom stereocenters. The van der Waals surface area contributed by atoms with Crippen LogP contribution in [0.2, 0.25) is 0 Å². The van der Waals surface area contributed by atoms with E-state index in [1.54, 1.807) is 18.1 Å². The zero-order chi connectivity index (χ0) is 16.4. The molecule has 122 valence electrons. The van der Waals surface area contributed by atoms with Gasteiger partial charge in [0, 0.05) is 44.3 Å². The van der Waals surface area contributed by atoms with E-state index in [1.165, 1.54) is 12.3 Å². The van der Waals surface area contributed by atoms with Crippen LogP contribution in [0.25, 0.3) is 10.9 Å². The van der Waals surface area contributed by atoms with E-state index in [1.807, 2.05) is 0 Å². The molecule has 3 rings (SSSR count). The molecule has 0 bridgehead atoms. The second kappa shape index (κ2) is 6.58. The highest BCUT2D eigenvalue weighted by molar-refractivity contribution is 5.83. The van der Waals surface area contributed by atoms with Crippen LogP contribution in [0.4, 0.5) is 8.78 Å². The summed E-state index contributed by atoms with van der Waals surface area (Å²) in [5.74, 6) is -1.04. The molecule has 2 heterocycles. The van der Waals surface area contributed by atoms with Crippen LogP contribution in [0.5, 0.6) is 0 Å². The quantitative estimate of drug-likeness (QED) is 0.850. The number of benzene rings is 1. The number of hydrogen-bond acceptors (Lipinski definition) is 3. The number of fused-ring (bicyclic) bond motifs is 1. The minimum absolute atomic E-state index is 0.0998. The van der Waals surface area contributed by atoms with Gasteiger partial charge in [-0.25, -0.2) is 8.78 Å². The van der Waals surface area contributed by atoms with Crippen molar-refractivity contribution in [2.45, 2.75) is 12.8 Å². The fourth-order valence-electron chi connectivity index (χ4n) is 3.13. The van der Waals surface area contributed by atoms with Crippen molar-refractivity contribution in [3.63, 3.8) is 0 Å². The van der Waals surface area contributed by atoms with Crippen LogP contribution in [0.3, 0.4) is 0 Å². The Kier molecular flexibility index (Phi) is 4.52. The van der Waals surface area contributed by atoms with Gasteiger partial charge in [0.05, 0.1) is 6.61 Å². The Balaban J connectivity index is 1.81. The van der Waals surface area contributed by atoms with Crippen molar-refractivity contribution in [2.24, 2.45) is 5.92 Å². The number of hydrogen-bond donors (Lipinski definition) is 0. The lowest BCUT2D eigenvalue weighted by Crippen LogP contribution is -2.28. The van der Waals surface area contributed by atoms with Crippen molar-refractivity contribution in [3.8, 4) is 0 Å². The Labute approximate surface area is 133 Å². The molecule has 1 aliphatic heterocycles. The van der Waals surface area contributed by atoms with Crippen LogP contribution < -0.4 is 0 Å². The van der Waals surface area contributed by atoms with Gasteiger partial charge in [-0.1, -0.05) is 0 Å². The first-order chi connectivity index (χ1) is 11.1. The van der Waals surface area contributed by atoms with Crippen LogP contribution in [0.1, 0.15) is 12.0 Å². The van der Waals surface area contributed by atoms with E-state index in [0.717, 1.165) is 11.6 Å². The third-order valence-corrected chi connectivity index (χ3v) is 4.22. The van der Waals surface area contributed by atoms with Gasteiger partial charge in [-0.3, -0.25) is 9.78 Å². The number of carbonyl (C=O) groups excluding carboxylic acids is 1. The number of carbonyl (C=O) groups is 1. The summed E-state index contributed by atoms with van der Waals surface area (Å²) >= 11 is 0. The van der Waals surface area contributed by atoms with Gasteiger partial charge in [-0.05, 0) is 30.0 Å². The number of nitrogens with zero attached hydrogens (tertiary/aromatic N) is 2. The molecule has 1 aliphatic rings. The van der Waals surface area contributed by atoms with E-state index in [-0.39, 0.29) is 17.3 Å². The van der Waals surface area contributed by atoms with Crippen molar-refractivity contribution in [3.05, 3.63) is 41.6 Å². The zero-order valence-electron chi connectivity index (χ0n) is 12.9. The van der Waals surface area contributed by atoms with Gasteiger partial charge < -0.3 is 9.64 Å². The summed E-state index contributed by atoms with van der Waals surface area (Å²) in [4.78, 5) is 17.8. The number of ether oxygens (including phenoxy) is 1. The molecule has 2 aromatic rings. The molecule has 1 atom stereocenters. The lowest BCUT2D eigenvalue weighted by molar-refractivity contribution is -0.128. The molecule has 0 spiro atoms. The second-order valence-electron chi connectivity index (χ2n) is 5.86. The summed E-state index contributed by atoms with van der Waals surface area (Å²) in [6, 6.07) is 3.91. The first-order valence-electron chi connectivity index (χ1n) is 7.58. The van der Waals surface area contributed by atoms with Gasteiger partial charge >= 0.3 is 0 Å². The van der Waals surface area contributed by atoms with Crippen LogP contribution >= 0.6 is 0 Å². The molecule has 1 amide bonds. The SMILES string of the molecule is COCCN1C[C@@H](Cc2ccnc3c(F)cc(F)cc23)CC1=O. The fraction of sp³-hybridized carbons (Fsp3) is 0.412. The summed E-state index contributed by atoms with van der Waals surface area (Å²) in [5.41, 5.74) is 0.990. The fourth-order valence-corrected chi connectivity index (χ4v) is 3.13. The van der Waals surface area contributed by atoms with E-state index in [4.69, 9.17) is 4.74 Å². The average molecular weight is 320 g/mol. The molecule has 23 heavy (non-hydrogen) atoms. The molecular formula is C17H18F2N2O2. The molecule has 1 saturated heterocycles. The molecule has 4 nitrogen and oxygen atoms in total. The highest BCUT2D eigenvalue weighted by Gasteiger charge is 2.29. The van der Waals surface area contributed by atoms with Crippen LogP contribution in [-0.2, 0) is 16.0 Å². The third kappa shape index (κ3) is 3.32. The van der Waals surface area contributed by atoms with Crippen LogP contribution in [-0.4, -0.2) is 42.6 Å². The Morgan fingerprint density at radius 3 is 3.00 bits per heavy atom. The topological polar surface area (TPSA) is 42.4 Å². The maximum absolute atomic E-state index is 13.8. The van der Waals surface area contributed by atoms with Gasteiger partial charge in [0.25, 0.3) is 0 Å². The standard InChI is InChI=1S/C17H18F2N2O2/c1-23-5-4-21-10-11(7-16(21)22)6-12-2-3-20-17-14(12)8-13(18)9-15(17)19/h2-3,8-9,11H,4-7,10H2,1H3/t11-/m0/s1. The lowest BCUT2D eigenvalue weighted by atomic mass is 9.96. The first-order valence-corrected chi connectivity index (χ1v) is 7.58. The van der Waals surface area contributed by atoms with Crippen molar-refractivity contribution in [1.29, 1.82) is 0 Å². The average Bonchev–Trinajstić information content (AvgIpc) is 2.85. The predicted octanol–water partition coefficient (Wildman–Crippen LogP) is 2.55. The molecular weight excluding hydrogens is 302 g/mol. The molecule has 1 aromatic carbocycles. The molecule has 0 saturated carbocycles. The summed E-state index contributed by atoms with van der Waals surface area (Å²) in [5, 5.41) is 0.479. The Morgan fingerprint density at radius 2 is 2.22 bits per heavy atom. The number of likely N-dealkylation sites (tertiary alicyclic amines) is 1. The molecule has 0 radical (unpaired) electrons. The van der Waals surface area contributed by atoms with E-state index in [9.17, 15) is 13.6 Å². The predicted molar refractivity (Wildman–Crippen MR) is 81.9 cm³/mol. The van der Waals surface area contributed by atoms with Gasteiger partial charge in [0.15, 0.2) is 5.82 Å². The minimum atomic E-state index is -0.661. The van der Waals surface area contributed by atoms with Gasteiger partial charge in [-0.2, -0.15) is 0 Å². The molecule has 1 aromatic heterocycles. The largest absolute Gasteiger partial charge is 0.383 e. The van der Waals surface area contributed by atoms with E-state index < -0.39 is 11.6 Å². The number of halogens is 2. The molecule has 6 heteroatoms. The third-order valence-electron chi connectivity index (χ3n) is 4.22. The number of amides is 1. The number of methoxy groups -OCH3 is 1. The molecule has 1 fully saturated rings. The minimum Gasteiger partial charge on any atom is -0.383 e. The number of pyridine rings is 1. The smallest absolute Gasteiger partial charge is 0.223 e. The second-order valence-corrected chi connectivity index (χ2v) is 5.86. The van der Waals surface area contributed by atoms with Gasteiger partial charge in [-0.15, -0.1) is 0 Å². The lowest BCUT2D eigenvalue weighted by Gasteiger charge is -2.16.